The minimum Gasteiger partial charge on any atom is -0.396 e. The van der Waals surface area contributed by atoms with Gasteiger partial charge in [-0.2, -0.15) is 0 Å². The smallest absolute Gasteiger partial charge is 0.124 e. The van der Waals surface area contributed by atoms with Crippen molar-refractivity contribution in [3.05, 3.63) is 11.6 Å². The van der Waals surface area contributed by atoms with Crippen molar-refractivity contribution >= 4 is 6.29 Å². The van der Waals surface area contributed by atoms with Crippen LogP contribution in [0.1, 0.15) is 65.2 Å². The van der Waals surface area contributed by atoms with Crippen LogP contribution in [-0.2, 0) is 4.79 Å². The molecule has 7 atom stereocenters. The van der Waals surface area contributed by atoms with E-state index in [0.29, 0.717) is 24.2 Å². The molecule has 1 spiro atoms. The molecule has 0 amide bonds. The van der Waals surface area contributed by atoms with Gasteiger partial charge in [0.05, 0.1) is 6.10 Å². The van der Waals surface area contributed by atoms with Crippen LogP contribution in [0.3, 0.4) is 0 Å². The van der Waals surface area contributed by atoms with Gasteiger partial charge in [-0.3, -0.25) is 0 Å². The molecular weight excluding hydrogens is 300 g/mol. The first-order valence-electron chi connectivity index (χ1n) is 9.84. The molecule has 0 saturated heterocycles. The van der Waals surface area contributed by atoms with Gasteiger partial charge in [0, 0.05) is 18.4 Å². The number of hydrogen-bond acceptors (Lipinski definition) is 3. The summed E-state index contributed by atoms with van der Waals surface area (Å²) in [7, 11) is 0. The first-order chi connectivity index (χ1) is 11.4. The van der Waals surface area contributed by atoms with Crippen molar-refractivity contribution in [3.8, 4) is 0 Å². The van der Waals surface area contributed by atoms with Crippen molar-refractivity contribution in [1.82, 2.24) is 0 Å². The van der Waals surface area contributed by atoms with Crippen LogP contribution in [-0.4, -0.2) is 29.2 Å². The second-order valence-electron chi connectivity index (χ2n) is 9.71. The zero-order valence-electron chi connectivity index (χ0n) is 15.1. The molecular formula is C21H32O3. The summed E-state index contributed by atoms with van der Waals surface area (Å²) >= 11 is 0. The maximum Gasteiger partial charge on any atom is 0.124 e. The Kier molecular flexibility index (Phi) is 3.78. The topological polar surface area (TPSA) is 57.5 Å². The van der Waals surface area contributed by atoms with Crippen LogP contribution in [0.15, 0.2) is 11.6 Å². The van der Waals surface area contributed by atoms with E-state index < -0.39 is 0 Å². The van der Waals surface area contributed by atoms with E-state index in [1.165, 1.54) is 18.4 Å². The van der Waals surface area contributed by atoms with Gasteiger partial charge in [-0.15, -0.1) is 0 Å². The minimum atomic E-state index is -0.323. The summed E-state index contributed by atoms with van der Waals surface area (Å²) in [5.74, 6) is 1.40. The van der Waals surface area contributed by atoms with Gasteiger partial charge in [0.25, 0.3) is 0 Å². The first kappa shape index (κ1) is 16.8. The number of aliphatic hydroxyl groups excluding tert-OH is 2. The van der Waals surface area contributed by atoms with E-state index in [1.807, 2.05) is 0 Å². The number of allylic oxidation sites excluding steroid dienone is 1. The monoisotopic (exact) mass is 332 g/mol. The molecule has 0 aliphatic heterocycles. The summed E-state index contributed by atoms with van der Waals surface area (Å²) < 4.78 is 0. The fourth-order valence-electron chi connectivity index (χ4n) is 7.60. The Morgan fingerprint density at radius 2 is 2.04 bits per heavy atom. The molecule has 3 fully saturated rings. The lowest BCUT2D eigenvalue weighted by molar-refractivity contribution is -0.193. The quantitative estimate of drug-likeness (QED) is 0.614. The molecule has 0 radical (unpaired) electrons. The number of fused-ring (bicyclic) bond motifs is 3. The first-order valence-corrected chi connectivity index (χ1v) is 9.84. The van der Waals surface area contributed by atoms with Gasteiger partial charge in [-0.25, -0.2) is 0 Å². The zero-order chi connectivity index (χ0) is 17.2. The molecule has 0 aromatic rings. The second kappa shape index (κ2) is 5.41. The molecule has 3 saturated carbocycles. The molecule has 7 unspecified atom stereocenters. The Balaban J connectivity index is 1.77. The van der Waals surface area contributed by atoms with Gasteiger partial charge in [0.15, 0.2) is 0 Å². The predicted molar refractivity (Wildman–Crippen MR) is 93.3 cm³/mol. The van der Waals surface area contributed by atoms with Gasteiger partial charge >= 0.3 is 0 Å². The molecule has 4 aliphatic rings. The Bertz CT molecular complexity index is 569. The molecule has 24 heavy (non-hydrogen) atoms. The average molecular weight is 332 g/mol. The molecule has 2 N–H and O–H groups in total. The van der Waals surface area contributed by atoms with E-state index in [2.05, 4.69) is 19.9 Å². The Morgan fingerprint density at radius 3 is 2.75 bits per heavy atom. The van der Waals surface area contributed by atoms with E-state index in [0.717, 1.165) is 38.4 Å². The Hall–Kier alpha value is -0.670. The number of carbonyl (C=O) groups is 1. The number of rotatable bonds is 3. The summed E-state index contributed by atoms with van der Waals surface area (Å²) in [5.41, 5.74) is 1.32. The maximum atomic E-state index is 11.2. The highest BCUT2D eigenvalue weighted by Crippen LogP contribution is 2.70. The summed E-state index contributed by atoms with van der Waals surface area (Å²) in [6.07, 6.45) is 11.2. The van der Waals surface area contributed by atoms with E-state index in [9.17, 15) is 15.0 Å². The standard InChI is InChI=1S/C21H32O3/c1-19(13-23)7-3-8-20(2)16-5-4-14-11-21(16,12-15(14)6-9-22)18(24)10-17(19)20/h9,12,14,16-18,23-24H,3-8,10-11,13H2,1-2H3. The van der Waals surface area contributed by atoms with Gasteiger partial charge in [0.1, 0.15) is 6.29 Å². The van der Waals surface area contributed by atoms with Crippen molar-refractivity contribution in [2.75, 3.05) is 6.61 Å². The molecule has 0 aromatic heterocycles. The lowest BCUT2D eigenvalue weighted by atomic mass is 9.40. The van der Waals surface area contributed by atoms with Crippen LogP contribution >= 0.6 is 0 Å². The summed E-state index contributed by atoms with van der Waals surface area (Å²) in [5, 5.41) is 21.3. The normalized spacial score (nSPS) is 53.1. The molecule has 3 heteroatoms. The molecule has 0 heterocycles. The third-order valence-electron chi connectivity index (χ3n) is 8.69. The number of aldehydes is 1. The molecule has 134 valence electrons. The van der Waals surface area contributed by atoms with Crippen LogP contribution < -0.4 is 0 Å². The van der Waals surface area contributed by atoms with Crippen LogP contribution in [0.25, 0.3) is 0 Å². The summed E-state index contributed by atoms with van der Waals surface area (Å²) in [4.78, 5) is 11.1. The van der Waals surface area contributed by atoms with E-state index in [1.54, 1.807) is 0 Å². The fourth-order valence-corrected chi connectivity index (χ4v) is 7.60. The van der Waals surface area contributed by atoms with Crippen molar-refractivity contribution in [1.29, 1.82) is 0 Å². The van der Waals surface area contributed by atoms with Crippen molar-refractivity contribution < 1.29 is 15.0 Å². The molecule has 4 aliphatic carbocycles. The van der Waals surface area contributed by atoms with Gasteiger partial charge in [-0.1, -0.05) is 31.9 Å². The SMILES string of the molecule is CC1(CO)CCCC2(C)C1CC(O)C13C=C(CC=O)C(CCC21)C3. The van der Waals surface area contributed by atoms with Crippen LogP contribution in [0.2, 0.25) is 0 Å². The fraction of sp³-hybridized carbons (Fsp3) is 0.857. The third kappa shape index (κ3) is 2.00. The lowest BCUT2D eigenvalue weighted by Crippen LogP contribution is -2.61. The van der Waals surface area contributed by atoms with Crippen LogP contribution in [0.4, 0.5) is 0 Å². The Morgan fingerprint density at radius 1 is 1.25 bits per heavy atom. The number of aliphatic hydroxyl groups is 2. The van der Waals surface area contributed by atoms with Crippen LogP contribution in [0, 0.1) is 34.0 Å². The van der Waals surface area contributed by atoms with Gasteiger partial charge < -0.3 is 15.0 Å². The largest absolute Gasteiger partial charge is 0.396 e. The molecule has 3 nitrogen and oxygen atoms in total. The Labute approximate surface area is 145 Å². The zero-order valence-corrected chi connectivity index (χ0v) is 15.1. The van der Waals surface area contributed by atoms with Crippen molar-refractivity contribution in [2.45, 2.75) is 71.3 Å². The van der Waals surface area contributed by atoms with Crippen LogP contribution in [0.5, 0.6) is 0 Å². The molecule has 4 rings (SSSR count). The van der Waals surface area contributed by atoms with E-state index in [-0.39, 0.29) is 29.0 Å². The summed E-state index contributed by atoms with van der Waals surface area (Å²) in [6.45, 7) is 4.90. The lowest BCUT2D eigenvalue weighted by Gasteiger charge is -2.65. The highest BCUT2D eigenvalue weighted by molar-refractivity contribution is 5.56. The second-order valence-corrected chi connectivity index (χ2v) is 9.71. The molecule has 2 bridgehead atoms. The number of hydrogen-bond donors (Lipinski definition) is 2. The number of carbonyl (C=O) groups excluding carboxylic acids is 1. The van der Waals surface area contributed by atoms with Gasteiger partial charge in [-0.05, 0) is 67.1 Å². The molecule has 0 aromatic carbocycles. The van der Waals surface area contributed by atoms with Gasteiger partial charge in [0.2, 0.25) is 0 Å². The highest BCUT2D eigenvalue weighted by Gasteiger charge is 2.65. The summed E-state index contributed by atoms with van der Waals surface area (Å²) in [6, 6.07) is 0. The highest BCUT2D eigenvalue weighted by atomic mass is 16.3. The van der Waals surface area contributed by atoms with E-state index >= 15 is 0 Å². The minimum absolute atomic E-state index is 0.0552. The maximum absolute atomic E-state index is 11.2. The average Bonchev–Trinajstić information content (AvgIpc) is 2.83. The predicted octanol–water partition coefficient (Wildman–Crippen LogP) is 3.49. The van der Waals surface area contributed by atoms with E-state index in [4.69, 9.17) is 0 Å². The van der Waals surface area contributed by atoms with Crippen molar-refractivity contribution in [2.24, 2.45) is 34.0 Å². The third-order valence-corrected chi connectivity index (χ3v) is 8.69. The van der Waals surface area contributed by atoms with Crippen molar-refractivity contribution in [3.63, 3.8) is 0 Å².